The number of aliphatic imine (C=N–C) groups is 1. The first-order valence-corrected chi connectivity index (χ1v) is 7.17. The first kappa shape index (κ1) is 12.4. The lowest BCUT2D eigenvalue weighted by molar-refractivity contribution is 0.595. The molecule has 0 spiro atoms. The van der Waals surface area contributed by atoms with Gasteiger partial charge in [0.2, 0.25) is 0 Å². The van der Waals surface area contributed by atoms with Crippen LogP contribution in [0.5, 0.6) is 0 Å². The Morgan fingerprint density at radius 3 is 2.79 bits per heavy atom. The molecule has 1 saturated heterocycles. The average molecular weight is 279 g/mol. The molecule has 82 valence electrons. The highest BCUT2D eigenvalue weighted by atomic mass is 79.9. The van der Waals surface area contributed by atoms with Gasteiger partial charge in [0.25, 0.3) is 0 Å². The minimum atomic E-state index is 0.539. The monoisotopic (exact) mass is 278 g/mol. The van der Waals surface area contributed by atoms with Crippen LogP contribution in [0, 0.1) is 5.92 Å². The maximum atomic E-state index is 4.56. The second kappa shape index (κ2) is 6.01. The molecule has 2 unspecified atom stereocenters. The average Bonchev–Trinajstić information content (AvgIpc) is 2.45. The molecule has 0 amide bonds. The first-order chi connectivity index (χ1) is 6.63. The molecule has 1 heterocycles. The number of amidine groups is 1. The van der Waals surface area contributed by atoms with E-state index < -0.39 is 0 Å². The van der Waals surface area contributed by atoms with Crippen LogP contribution >= 0.6 is 27.7 Å². The maximum Gasteiger partial charge on any atom is 0.157 e. The number of nitrogens with zero attached hydrogens (tertiary/aromatic N) is 1. The van der Waals surface area contributed by atoms with Crippen molar-refractivity contribution in [3.63, 3.8) is 0 Å². The highest BCUT2D eigenvalue weighted by Crippen LogP contribution is 2.24. The van der Waals surface area contributed by atoms with Crippen LogP contribution in [0.2, 0.25) is 0 Å². The summed E-state index contributed by atoms with van der Waals surface area (Å²) in [7, 11) is 0. The molecule has 1 fully saturated rings. The molecule has 1 aliphatic rings. The van der Waals surface area contributed by atoms with Crippen molar-refractivity contribution in [1.82, 2.24) is 5.32 Å². The van der Waals surface area contributed by atoms with Gasteiger partial charge < -0.3 is 5.32 Å². The Hall–Kier alpha value is 0.300. The van der Waals surface area contributed by atoms with Crippen LogP contribution in [-0.2, 0) is 0 Å². The summed E-state index contributed by atoms with van der Waals surface area (Å²) < 4.78 is 0. The number of halogens is 1. The van der Waals surface area contributed by atoms with Crippen molar-refractivity contribution in [2.45, 2.75) is 38.5 Å². The smallest absolute Gasteiger partial charge is 0.157 e. The quantitative estimate of drug-likeness (QED) is 0.800. The number of rotatable bonds is 4. The van der Waals surface area contributed by atoms with Crippen molar-refractivity contribution in [3.05, 3.63) is 0 Å². The predicted molar refractivity (Wildman–Crippen MR) is 69.5 cm³/mol. The van der Waals surface area contributed by atoms with E-state index in [1.807, 2.05) is 11.8 Å². The molecule has 1 rings (SSSR count). The molecule has 0 bridgehead atoms. The van der Waals surface area contributed by atoms with E-state index >= 15 is 0 Å². The SMILES string of the molecule is CC(C)CCN=C1NC(C)C(CBr)S1. The molecule has 0 radical (unpaired) electrons. The second-order valence-corrected chi connectivity index (χ2v) is 5.99. The zero-order valence-electron chi connectivity index (χ0n) is 9.09. The molecule has 2 nitrogen and oxygen atoms in total. The van der Waals surface area contributed by atoms with Crippen LogP contribution in [0.25, 0.3) is 0 Å². The third kappa shape index (κ3) is 3.81. The van der Waals surface area contributed by atoms with E-state index in [0.717, 1.165) is 23.0 Å². The minimum Gasteiger partial charge on any atom is -0.361 e. The third-order valence-corrected chi connectivity index (χ3v) is 4.76. The Morgan fingerprint density at radius 1 is 1.57 bits per heavy atom. The van der Waals surface area contributed by atoms with Crippen LogP contribution in [0.3, 0.4) is 0 Å². The van der Waals surface area contributed by atoms with Gasteiger partial charge in [-0.3, -0.25) is 4.99 Å². The molecule has 14 heavy (non-hydrogen) atoms. The van der Waals surface area contributed by atoms with E-state index in [9.17, 15) is 0 Å². The predicted octanol–water partition coefficient (Wildman–Crippen LogP) is 2.88. The van der Waals surface area contributed by atoms with Crippen LogP contribution < -0.4 is 5.32 Å². The summed E-state index contributed by atoms with van der Waals surface area (Å²) in [5.41, 5.74) is 0. The van der Waals surface area contributed by atoms with Crippen molar-refractivity contribution >= 4 is 32.9 Å². The summed E-state index contributed by atoms with van der Waals surface area (Å²) in [4.78, 5) is 4.56. The van der Waals surface area contributed by atoms with Gasteiger partial charge in [-0.05, 0) is 19.3 Å². The van der Waals surface area contributed by atoms with Gasteiger partial charge in [0.05, 0.1) is 0 Å². The molecule has 4 heteroatoms. The molecule has 0 aromatic heterocycles. The Labute approximate surface area is 99.5 Å². The van der Waals surface area contributed by atoms with Gasteiger partial charge >= 0.3 is 0 Å². The zero-order valence-corrected chi connectivity index (χ0v) is 11.5. The molecular weight excluding hydrogens is 260 g/mol. The Balaban J connectivity index is 2.33. The van der Waals surface area contributed by atoms with Gasteiger partial charge in [0, 0.05) is 23.2 Å². The van der Waals surface area contributed by atoms with E-state index in [2.05, 4.69) is 47.0 Å². The lowest BCUT2D eigenvalue weighted by Gasteiger charge is -2.07. The summed E-state index contributed by atoms with van der Waals surface area (Å²) in [6.07, 6.45) is 1.18. The molecule has 1 aliphatic heterocycles. The van der Waals surface area contributed by atoms with Crippen molar-refractivity contribution in [2.24, 2.45) is 10.9 Å². The normalized spacial score (nSPS) is 29.9. The summed E-state index contributed by atoms with van der Waals surface area (Å²) in [6.45, 7) is 7.64. The fraction of sp³-hybridized carbons (Fsp3) is 0.900. The van der Waals surface area contributed by atoms with Crippen molar-refractivity contribution < 1.29 is 0 Å². The van der Waals surface area contributed by atoms with Gasteiger partial charge in [-0.1, -0.05) is 41.5 Å². The molecule has 0 aromatic carbocycles. The zero-order chi connectivity index (χ0) is 10.6. The Morgan fingerprint density at radius 2 is 2.29 bits per heavy atom. The van der Waals surface area contributed by atoms with Crippen LogP contribution in [0.15, 0.2) is 4.99 Å². The van der Waals surface area contributed by atoms with E-state index in [1.165, 1.54) is 6.42 Å². The van der Waals surface area contributed by atoms with Crippen molar-refractivity contribution in [1.29, 1.82) is 0 Å². The molecule has 1 N–H and O–H groups in total. The number of alkyl halides is 1. The summed E-state index contributed by atoms with van der Waals surface area (Å²) >= 11 is 5.38. The molecule has 0 aromatic rings. The van der Waals surface area contributed by atoms with E-state index in [4.69, 9.17) is 0 Å². The molecular formula is C10H19BrN2S. The van der Waals surface area contributed by atoms with E-state index in [1.54, 1.807) is 0 Å². The maximum absolute atomic E-state index is 4.56. The lowest BCUT2D eigenvalue weighted by atomic mass is 10.1. The minimum absolute atomic E-state index is 0.539. The topological polar surface area (TPSA) is 24.4 Å². The van der Waals surface area contributed by atoms with E-state index in [0.29, 0.717) is 11.3 Å². The van der Waals surface area contributed by atoms with Gasteiger partial charge in [-0.2, -0.15) is 0 Å². The van der Waals surface area contributed by atoms with Crippen LogP contribution in [0.1, 0.15) is 27.2 Å². The summed E-state index contributed by atoms with van der Waals surface area (Å²) in [6, 6.07) is 0.539. The highest BCUT2D eigenvalue weighted by molar-refractivity contribution is 9.09. The second-order valence-electron chi connectivity index (χ2n) is 4.11. The number of nitrogens with one attached hydrogen (secondary N) is 1. The molecule has 0 aliphatic carbocycles. The van der Waals surface area contributed by atoms with Gasteiger partial charge in [-0.15, -0.1) is 0 Å². The van der Waals surface area contributed by atoms with Gasteiger partial charge in [-0.25, -0.2) is 0 Å². The number of hydrogen-bond acceptors (Lipinski definition) is 2. The summed E-state index contributed by atoms with van der Waals surface area (Å²) in [5, 5.41) is 6.21. The molecule has 2 atom stereocenters. The highest BCUT2D eigenvalue weighted by Gasteiger charge is 2.26. The lowest BCUT2D eigenvalue weighted by Crippen LogP contribution is -2.28. The fourth-order valence-electron chi connectivity index (χ4n) is 1.24. The first-order valence-electron chi connectivity index (χ1n) is 5.17. The van der Waals surface area contributed by atoms with Crippen LogP contribution in [-0.4, -0.2) is 28.3 Å². The van der Waals surface area contributed by atoms with Crippen molar-refractivity contribution in [2.75, 3.05) is 11.9 Å². The standard InChI is InChI=1S/C10H19BrN2S/c1-7(2)4-5-12-10-13-8(3)9(6-11)14-10/h7-9H,4-6H2,1-3H3,(H,12,13). The largest absolute Gasteiger partial charge is 0.361 e. The Bertz CT molecular complexity index is 206. The van der Waals surface area contributed by atoms with Crippen LogP contribution in [0.4, 0.5) is 0 Å². The Kier molecular flexibility index (Phi) is 5.31. The van der Waals surface area contributed by atoms with Gasteiger partial charge in [0.1, 0.15) is 0 Å². The van der Waals surface area contributed by atoms with Gasteiger partial charge in [0.15, 0.2) is 5.17 Å². The third-order valence-electron chi connectivity index (χ3n) is 2.29. The van der Waals surface area contributed by atoms with E-state index in [-0.39, 0.29) is 0 Å². The number of thioether (sulfide) groups is 1. The summed E-state index contributed by atoms with van der Waals surface area (Å²) in [5.74, 6) is 0.746. The fourth-order valence-corrected chi connectivity index (χ4v) is 3.24. The molecule has 0 saturated carbocycles. The number of hydrogen-bond donors (Lipinski definition) is 1. The van der Waals surface area contributed by atoms with Crippen molar-refractivity contribution in [3.8, 4) is 0 Å².